The minimum Gasteiger partial charge on any atom is -0.495 e. The van der Waals surface area contributed by atoms with Crippen LogP contribution in [0.5, 0.6) is 5.75 Å². The van der Waals surface area contributed by atoms with E-state index in [1.54, 1.807) is 19.2 Å². The summed E-state index contributed by atoms with van der Waals surface area (Å²) in [5.74, 6) is 0.539. The molecule has 0 radical (unpaired) electrons. The molecule has 1 aliphatic heterocycles. The molecule has 2 nitrogen and oxygen atoms in total. The lowest BCUT2D eigenvalue weighted by Gasteiger charge is -2.15. The van der Waals surface area contributed by atoms with Gasteiger partial charge in [0, 0.05) is 11.1 Å². The molecule has 1 atom stereocenters. The molecule has 0 saturated carbocycles. The van der Waals surface area contributed by atoms with Gasteiger partial charge in [0.15, 0.2) is 0 Å². The van der Waals surface area contributed by atoms with Crippen molar-refractivity contribution in [3.05, 3.63) is 62.6 Å². The van der Waals surface area contributed by atoms with Crippen LogP contribution in [0.15, 0.2) is 30.3 Å². The number of benzene rings is 2. The number of rotatable bonds is 3. The molecule has 0 spiro atoms. The van der Waals surface area contributed by atoms with Gasteiger partial charge in [-0.3, -0.25) is 0 Å². The van der Waals surface area contributed by atoms with Crippen LogP contribution in [0.4, 0.5) is 0 Å². The Morgan fingerprint density at radius 3 is 2.57 bits per heavy atom. The van der Waals surface area contributed by atoms with Crippen molar-refractivity contribution in [3.63, 3.8) is 0 Å². The van der Waals surface area contributed by atoms with Gasteiger partial charge in [-0.1, -0.05) is 41.4 Å². The summed E-state index contributed by atoms with van der Waals surface area (Å²) < 4.78 is 10.6. The van der Waals surface area contributed by atoms with Crippen molar-refractivity contribution >= 4 is 34.8 Å². The van der Waals surface area contributed by atoms with Crippen LogP contribution in [0.2, 0.25) is 10.0 Å². The fraction of sp³-hybridized carbons (Fsp3) is 0.250. The van der Waals surface area contributed by atoms with E-state index < -0.39 is 0 Å². The molecule has 0 bridgehead atoms. The predicted octanol–water partition coefficient (Wildman–Crippen LogP) is 5.36. The van der Waals surface area contributed by atoms with Crippen LogP contribution < -0.4 is 4.74 Å². The summed E-state index contributed by atoms with van der Waals surface area (Å²) in [7, 11) is 1.55. The van der Waals surface area contributed by atoms with Gasteiger partial charge in [0.2, 0.25) is 0 Å². The Labute approximate surface area is 138 Å². The van der Waals surface area contributed by atoms with E-state index in [1.165, 1.54) is 11.1 Å². The Balaban J connectivity index is 1.98. The molecule has 0 aliphatic carbocycles. The van der Waals surface area contributed by atoms with Crippen molar-refractivity contribution in [1.29, 1.82) is 0 Å². The van der Waals surface area contributed by atoms with Gasteiger partial charge in [-0.05, 0) is 28.3 Å². The number of methoxy groups -OCH3 is 1. The Bertz CT molecular complexity index is 685. The maximum absolute atomic E-state index is 6.58. The Morgan fingerprint density at radius 2 is 1.81 bits per heavy atom. The molecule has 5 heteroatoms. The Kier molecular flexibility index (Phi) is 4.32. The van der Waals surface area contributed by atoms with Gasteiger partial charge in [0.05, 0.1) is 30.7 Å². The molecular weight excluding hydrogens is 331 g/mol. The normalized spacial score (nSPS) is 14.9. The van der Waals surface area contributed by atoms with Crippen LogP contribution in [-0.4, -0.2) is 7.11 Å². The van der Waals surface area contributed by atoms with Gasteiger partial charge in [0.25, 0.3) is 0 Å². The molecule has 0 fully saturated rings. The predicted molar refractivity (Wildman–Crippen MR) is 85.6 cm³/mol. The fourth-order valence-corrected chi connectivity index (χ4v) is 3.31. The molecule has 0 saturated heterocycles. The minimum atomic E-state index is -0.369. The SMILES string of the molecule is COc1cc(Cl)c(C(Cl)c2ccc3c(c2)COC3)cc1Cl. The van der Waals surface area contributed by atoms with Crippen molar-refractivity contribution in [1.82, 2.24) is 0 Å². The summed E-state index contributed by atoms with van der Waals surface area (Å²) in [4.78, 5) is 0. The quantitative estimate of drug-likeness (QED) is 0.698. The first kappa shape index (κ1) is 15.0. The van der Waals surface area contributed by atoms with Crippen molar-refractivity contribution in [2.24, 2.45) is 0 Å². The molecule has 2 aromatic carbocycles. The molecule has 110 valence electrons. The van der Waals surface area contributed by atoms with Crippen LogP contribution in [0.3, 0.4) is 0 Å². The third-order valence-corrected chi connectivity index (χ3v) is 4.69. The van der Waals surface area contributed by atoms with Crippen LogP contribution in [0.25, 0.3) is 0 Å². The fourth-order valence-electron chi connectivity index (χ4n) is 2.42. The average molecular weight is 344 g/mol. The lowest BCUT2D eigenvalue weighted by Crippen LogP contribution is -1.97. The minimum absolute atomic E-state index is 0.369. The van der Waals surface area contributed by atoms with Gasteiger partial charge in [-0.25, -0.2) is 0 Å². The van der Waals surface area contributed by atoms with Crippen LogP contribution in [0, 0.1) is 0 Å². The summed E-state index contributed by atoms with van der Waals surface area (Å²) in [6.45, 7) is 1.29. The van der Waals surface area contributed by atoms with E-state index >= 15 is 0 Å². The molecule has 3 rings (SSSR count). The third-order valence-electron chi connectivity index (χ3n) is 3.58. The molecule has 0 N–H and O–H groups in total. The highest BCUT2D eigenvalue weighted by Crippen LogP contribution is 2.39. The lowest BCUT2D eigenvalue weighted by atomic mass is 10.00. The van der Waals surface area contributed by atoms with Crippen molar-refractivity contribution in [2.45, 2.75) is 18.6 Å². The van der Waals surface area contributed by atoms with E-state index in [1.807, 2.05) is 12.1 Å². The summed E-state index contributed by atoms with van der Waals surface area (Å²) in [5, 5.41) is 0.659. The lowest BCUT2D eigenvalue weighted by molar-refractivity contribution is 0.134. The van der Waals surface area contributed by atoms with Crippen molar-refractivity contribution in [3.8, 4) is 5.75 Å². The largest absolute Gasteiger partial charge is 0.495 e. The summed E-state index contributed by atoms with van der Waals surface area (Å²) in [6.07, 6.45) is 0. The molecule has 21 heavy (non-hydrogen) atoms. The zero-order chi connectivity index (χ0) is 15.0. The molecule has 1 unspecified atom stereocenters. The summed E-state index contributed by atoms with van der Waals surface area (Å²) >= 11 is 19.0. The number of hydrogen-bond donors (Lipinski definition) is 0. The van der Waals surface area contributed by atoms with E-state index in [2.05, 4.69) is 6.07 Å². The van der Waals surface area contributed by atoms with E-state index in [0.717, 1.165) is 11.1 Å². The monoisotopic (exact) mass is 342 g/mol. The van der Waals surface area contributed by atoms with E-state index in [-0.39, 0.29) is 5.38 Å². The van der Waals surface area contributed by atoms with Gasteiger partial charge in [-0.15, -0.1) is 11.6 Å². The van der Waals surface area contributed by atoms with Gasteiger partial charge < -0.3 is 9.47 Å². The standard InChI is InChI=1S/C16H13Cl3O2/c1-20-15-6-13(17)12(5-14(15)18)16(19)9-2-3-10-7-21-8-11(10)4-9/h2-6,16H,7-8H2,1H3. The van der Waals surface area contributed by atoms with Gasteiger partial charge in [0.1, 0.15) is 5.75 Å². The summed E-state index contributed by atoms with van der Waals surface area (Å²) in [6, 6.07) is 9.55. The molecule has 0 aromatic heterocycles. The van der Waals surface area contributed by atoms with Crippen LogP contribution >= 0.6 is 34.8 Å². The second-order valence-electron chi connectivity index (χ2n) is 4.89. The molecule has 1 aliphatic rings. The maximum Gasteiger partial charge on any atom is 0.138 e. The van der Waals surface area contributed by atoms with Crippen LogP contribution in [-0.2, 0) is 18.0 Å². The van der Waals surface area contributed by atoms with Crippen LogP contribution in [0.1, 0.15) is 27.6 Å². The van der Waals surface area contributed by atoms with Gasteiger partial charge >= 0.3 is 0 Å². The number of fused-ring (bicyclic) bond motifs is 1. The number of halogens is 3. The van der Waals surface area contributed by atoms with E-state index in [4.69, 9.17) is 44.3 Å². The first-order valence-corrected chi connectivity index (χ1v) is 7.66. The second-order valence-corrected chi connectivity index (χ2v) is 6.14. The maximum atomic E-state index is 6.58. The first-order chi connectivity index (χ1) is 10.1. The molecule has 1 heterocycles. The van der Waals surface area contributed by atoms with E-state index in [0.29, 0.717) is 29.0 Å². The molecular formula is C16H13Cl3O2. The topological polar surface area (TPSA) is 18.5 Å². The number of ether oxygens (including phenoxy) is 2. The highest BCUT2D eigenvalue weighted by Gasteiger charge is 2.19. The third kappa shape index (κ3) is 2.86. The Hall–Kier alpha value is -0.930. The van der Waals surface area contributed by atoms with Gasteiger partial charge in [-0.2, -0.15) is 0 Å². The molecule has 0 amide bonds. The van der Waals surface area contributed by atoms with E-state index in [9.17, 15) is 0 Å². The number of alkyl halides is 1. The zero-order valence-electron chi connectivity index (χ0n) is 11.3. The zero-order valence-corrected chi connectivity index (χ0v) is 13.6. The number of hydrogen-bond acceptors (Lipinski definition) is 2. The average Bonchev–Trinajstić information content (AvgIpc) is 2.95. The highest BCUT2D eigenvalue weighted by molar-refractivity contribution is 6.36. The highest BCUT2D eigenvalue weighted by atomic mass is 35.5. The van der Waals surface area contributed by atoms with Crippen molar-refractivity contribution < 1.29 is 9.47 Å². The first-order valence-electron chi connectivity index (χ1n) is 6.46. The summed E-state index contributed by atoms with van der Waals surface area (Å²) in [5.41, 5.74) is 4.13. The second kappa shape index (κ2) is 6.05. The smallest absolute Gasteiger partial charge is 0.138 e. The Morgan fingerprint density at radius 1 is 1.05 bits per heavy atom. The molecule has 2 aromatic rings. The van der Waals surface area contributed by atoms with Crippen molar-refractivity contribution in [2.75, 3.05) is 7.11 Å².